The number of hydrogen-bond acceptors (Lipinski definition) is 7. The first kappa shape index (κ1) is 23.9. The molecule has 0 atom stereocenters. The number of aromatic nitrogens is 4. The molecule has 1 aromatic carbocycles. The van der Waals surface area contributed by atoms with Gasteiger partial charge in [0.2, 0.25) is 0 Å². The fourth-order valence-electron chi connectivity index (χ4n) is 5.02. The maximum Gasteiger partial charge on any atom is 0.160 e. The summed E-state index contributed by atoms with van der Waals surface area (Å²) in [5.41, 5.74) is 5.20. The Morgan fingerprint density at radius 3 is 2.71 bits per heavy atom. The molecule has 5 heterocycles. The Hall–Kier alpha value is -4.48. The van der Waals surface area contributed by atoms with Crippen molar-refractivity contribution in [3.63, 3.8) is 0 Å². The van der Waals surface area contributed by atoms with E-state index in [1.165, 1.54) is 12.8 Å². The molecule has 1 saturated heterocycles. The predicted molar refractivity (Wildman–Crippen MR) is 147 cm³/mol. The molecule has 0 unspecified atom stereocenters. The van der Waals surface area contributed by atoms with E-state index in [4.69, 9.17) is 9.72 Å². The van der Waals surface area contributed by atoms with E-state index < -0.39 is 0 Å². The molecule has 6 rings (SSSR count). The van der Waals surface area contributed by atoms with Crippen LogP contribution in [0.4, 0.5) is 5.82 Å². The summed E-state index contributed by atoms with van der Waals surface area (Å²) in [5.74, 6) is 2.77. The van der Waals surface area contributed by atoms with Gasteiger partial charge in [0.1, 0.15) is 11.7 Å². The highest BCUT2D eigenvalue weighted by atomic mass is 16.5. The number of fused-ring (bicyclic) bond motifs is 3. The van der Waals surface area contributed by atoms with Crippen LogP contribution >= 0.6 is 0 Å². The van der Waals surface area contributed by atoms with Crippen molar-refractivity contribution >= 4 is 17.5 Å². The van der Waals surface area contributed by atoms with Gasteiger partial charge in [-0.25, -0.2) is 15.0 Å². The molecule has 4 aromatic rings. The number of rotatable bonds is 6. The largest absolute Gasteiger partial charge is 0.490 e. The molecule has 0 saturated carbocycles. The van der Waals surface area contributed by atoms with E-state index in [-0.39, 0.29) is 0 Å². The number of piperidine rings is 1. The van der Waals surface area contributed by atoms with E-state index in [0.717, 1.165) is 47.1 Å². The number of ether oxygens (including phenoxy) is 1. The minimum Gasteiger partial charge on any atom is -0.490 e. The van der Waals surface area contributed by atoms with Crippen LogP contribution in [-0.4, -0.2) is 51.0 Å². The topological polar surface area (TPSA) is 82.6 Å². The van der Waals surface area contributed by atoms with Crippen LogP contribution in [0.5, 0.6) is 5.75 Å². The monoisotopic (exact) mass is 503 g/mol. The lowest BCUT2D eigenvalue weighted by atomic mass is 9.98. The summed E-state index contributed by atoms with van der Waals surface area (Å²) in [6.45, 7) is 7.79. The van der Waals surface area contributed by atoms with E-state index in [9.17, 15) is 5.26 Å². The first-order chi connectivity index (χ1) is 18.6. The Morgan fingerprint density at radius 1 is 1.11 bits per heavy atom. The Balaban J connectivity index is 1.18. The fourth-order valence-corrected chi connectivity index (χ4v) is 5.02. The summed E-state index contributed by atoms with van der Waals surface area (Å²) < 4.78 is 7.94. The summed E-state index contributed by atoms with van der Waals surface area (Å²) in [7, 11) is 2.17. The zero-order valence-corrected chi connectivity index (χ0v) is 21.4. The first-order valence-corrected chi connectivity index (χ1v) is 12.9. The van der Waals surface area contributed by atoms with Crippen LogP contribution in [0.3, 0.4) is 0 Å². The van der Waals surface area contributed by atoms with Crippen LogP contribution < -0.4 is 9.64 Å². The van der Waals surface area contributed by atoms with E-state index in [0.29, 0.717) is 36.2 Å². The number of benzene rings is 1. The SMILES string of the molecule is C=C1C=Cc2c(nc3ccc(C#N)cn23)N1Cc1cccc(-c2ncc(OCC3CCN(C)CC3)cn2)c1. The highest BCUT2D eigenvalue weighted by Crippen LogP contribution is 2.32. The third-order valence-corrected chi connectivity index (χ3v) is 7.28. The summed E-state index contributed by atoms with van der Waals surface area (Å²) in [6.07, 6.45) is 11.6. The lowest BCUT2D eigenvalue weighted by Gasteiger charge is -2.28. The molecule has 8 nitrogen and oxygen atoms in total. The van der Waals surface area contributed by atoms with Gasteiger partial charge < -0.3 is 14.5 Å². The van der Waals surface area contributed by atoms with Gasteiger partial charge in [-0.15, -0.1) is 0 Å². The van der Waals surface area contributed by atoms with Gasteiger partial charge >= 0.3 is 0 Å². The summed E-state index contributed by atoms with van der Waals surface area (Å²) in [6, 6.07) is 14.1. The number of imidazole rings is 1. The molecule has 0 radical (unpaired) electrons. The van der Waals surface area contributed by atoms with E-state index in [1.807, 2.05) is 40.9 Å². The highest BCUT2D eigenvalue weighted by Gasteiger charge is 2.23. The number of pyridine rings is 1. The Bertz CT molecular complexity index is 1560. The van der Waals surface area contributed by atoms with Crippen molar-refractivity contribution in [2.45, 2.75) is 19.4 Å². The van der Waals surface area contributed by atoms with Crippen LogP contribution in [0.2, 0.25) is 0 Å². The number of nitrogens with zero attached hydrogens (tertiary/aromatic N) is 7. The molecule has 8 heteroatoms. The third kappa shape index (κ3) is 4.76. The zero-order valence-electron chi connectivity index (χ0n) is 21.4. The molecular formula is C30H29N7O. The molecule has 2 aliphatic heterocycles. The van der Waals surface area contributed by atoms with Gasteiger partial charge in [-0.3, -0.25) is 4.40 Å². The van der Waals surface area contributed by atoms with Crippen molar-refractivity contribution in [2.75, 3.05) is 31.6 Å². The van der Waals surface area contributed by atoms with Crippen molar-refractivity contribution in [1.82, 2.24) is 24.3 Å². The Morgan fingerprint density at radius 2 is 1.92 bits per heavy atom. The quantitative estimate of drug-likeness (QED) is 0.369. The van der Waals surface area contributed by atoms with Crippen LogP contribution in [0.1, 0.15) is 29.7 Å². The number of hydrogen-bond donors (Lipinski definition) is 0. The van der Waals surface area contributed by atoms with Gasteiger partial charge in [0, 0.05) is 24.0 Å². The standard InChI is InChI=1S/C30H29N7O/c1-21-6-8-27-30(34-28-9-7-24(15-31)19-37(27)28)36(21)18-23-4-3-5-25(14-23)29-32-16-26(17-33-29)38-20-22-10-12-35(2)13-11-22/h3-9,14,16-17,19,22H,1,10-13,18,20H2,2H3. The average molecular weight is 504 g/mol. The van der Waals surface area contributed by atoms with Crippen molar-refractivity contribution in [3.05, 3.63) is 90.2 Å². The van der Waals surface area contributed by atoms with E-state index in [1.54, 1.807) is 18.5 Å². The molecule has 3 aromatic heterocycles. The van der Waals surface area contributed by atoms with Crippen molar-refractivity contribution in [1.29, 1.82) is 5.26 Å². The van der Waals surface area contributed by atoms with Crippen molar-refractivity contribution < 1.29 is 4.74 Å². The van der Waals surface area contributed by atoms with Crippen LogP contribution in [0, 0.1) is 17.2 Å². The van der Waals surface area contributed by atoms with Gasteiger partial charge in [0.25, 0.3) is 0 Å². The zero-order chi connectivity index (χ0) is 26.1. The number of allylic oxidation sites excluding steroid dienone is 1. The third-order valence-electron chi connectivity index (χ3n) is 7.28. The summed E-state index contributed by atoms with van der Waals surface area (Å²) in [4.78, 5) is 18.4. The second-order valence-corrected chi connectivity index (χ2v) is 9.99. The second-order valence-electron chi connectivity index (χ2n) is 9.99. The van der Waals surface area contributed by atoms with Gasteiger partial charge in [0.05, 0.1) is 30.3 Å². The van der Waals surface area contributed by atoms with Crippen LogP contribution in [0.25, 0.3) is 23.1 Å². The lowest BCUT2D eigenvalue weighted by Crippen LogP contribution is -2.32. The maximum atomic E-state index is 9.31. The second kappa shape index (κ2) is 10.1. The van der Waals surface area contributed by atoms with E-state index >= 15 is 0 Å². The molecule has 0 spiro atoms. The Labute approximate surface area is 222 Å². The maximum absolute atomic E-state index is 9.31. The molecular weight excluding hydrogens is 474 g/mol. The summed E-state index contributed by atoms with van der Waals surface area (Å²) in [5, 5.41) is 9.31. The molecule has 0 amide bonds. The Kier molecular flexibility index (Phi) is 6.36. The van der Waals surface area contributed by atoms with Gasteiger partial charge in [0.15, 0.2) is 17.4 Å². The molecule has 0 aliphatic carbocycles. The number of nitriles is 1. The van der Waals surface area contributed by atoms with E-state index in [2.05, 4.69) is 51.6 Å². The molecule has 0 N–H and O–H groups in total. The smallest absolute Gasteiger partial charge is 0.160 e. The minimum atomic E-state index is 0.587. The van der Waals surface area contributed by atoms with Crippen LogP contribution in [-0.2, 0) is 6.54 Å². The molecule has 1 fully saturated rings. The highest BCUT2D eigenvalue weighted by molar-refractivity contribution is 5.75. The predicted octanol–water partition coefficient (Wildman–Crippen LogP) is 4.93. The van der Waals surface area contributed by atoms with Gasteiger partial charge in [-0.2, -0.15) is 5.26 Å². The van der Waals surface area contributed by atoms with Gasteiger partial charge in [-0.1, -0.05) is 24.8 Å². The minimum absolute atomic E-state index is 0.587. The first-order valence-electron chi connectivity index (χ1n) is 12.9. The molecule has 0 bridgehead atoms. The normalized spacial score (nSPS) is 16.0. The summed E-state index contributed by atoms with van der Waals surface area (Å²) >= 11 is 0. The number of likely N-dealkylation sites (tertiary alicyclic amines) is 1. The molecule has 190 valence electrons. The van der Waals surface area contributed by atoms with Gasteiger partial charge in [-0.05, 0) is 74.8 Å². The average Bonchev–Trinajstić information content (AvgIpc) is 3.33. The van der Waals surface area contributed by atoms with Crippen molar-refractivity contribution in [3.8, 4) is 23.2 Å². The number of anilines is 1. The van der Waals surface area contributed by atoms with Crippen LogP contribution in [0.15, 0.2) is 73.3 Å². The van der Waals surface area contributed by atoms with Crippen molar-refractivity contribution in [2.24, 2.45) is 5.92 Å². The molecule has 38 heavy (non-hydrogen) atoms. The lowest BCUT2D eigenvalue weighted by molar-refractivity contribution is 0.159. The fraction of sp³-hybridized carbons (Fsp3) is 0.267. The molecule has 2 aliphatic rings.